The molecule has 1 rings (SSSR count). The summed E-state index contributed by atoms with van der Waals surface area (Å²) in [6, 6.07) is 3.61. The molecule has 1 aromatic rings. The summed E-state index contributed by atoms with van der Waals surface area (Å²) in [5.41, 5.74) is 0.405. The summed E-state index contributed by atoms with van der Waals surface area (Å²) in [6.07, 6.45) is 0. The second kappa shape index (κ2) is 5.68. The van der Waals surface area contributed by atoms with Crippen LogP contribution in [0.5, 0.6) is 0 Å². The summed E-state index contributed by atoms with van der Waals surface area (Å²) in [6.45, 7) is 1.69. The van der Waals surface area contributed by atoms with Crippen molar-refractivity contribution < 1.29 is 9.72 Å². The van der Waals surface area contributed by atoms with Crippen molar-refractivity contribution in [3.63, 3.8) is 0 Å². The van der Waals surface area contributed by atoms with E-state index >= 15 is 0 Å². The van der Waals surface area contributed by atoms with Crippen molar-refractivity contribution in [2.45, 2.75) is 13.0 Å². The quantitative estimate of drug-likeness (QED) is 0.672. The van der Waals surface area contributed by atoms with E-state index in [1.54, 1.807) is 21.0 Å². The Balaban J connectivity index is 2.86. The van der Waals surface area contributed by atoms with E-state index in [-0.39, 0.29) is 16.6 Å². The number of carbonyl (C=O) groups excluding carboxylic acids is 1. The van der Waals surface area contributed by atoms with Crippen molar-refractivity contribution >= 4 is 28.9 Å². The van der Waals surface area contributed by atoms with E-state index in [1.165, 1.54) is 23.1 Å². The van der Waals surface area contributed by atoms with Crippen molar-refractivity contribution in [1.29, 1.82) is 0 Å². The van der Waals surface area contributed by atoms with Crippen molar-refractivity contribution in [3.05, 3.63) is 33.3 Å². The third kappa shape index (κ3) is 3.33. The Bertz CT molecular complexity index is 477. The van der Waals surface area contributed by atoms with E-state index in [1.807, 2.05) is 0 Å². The van der Waals surface area contributed by atoms with Crippen LogP contribution in [0.4, 0.5) is 11.4 Å². The fourth-order valence-electron chi connectivity index (χ4n) is 1.42. The molecule has 0 aliphatic carbocycles. The van der Waals surface area contributed by atoms with Crippen LogP contribution < -0.4 is 5.32 Å². The van der Waals surface area contributed by atoms with Crippen LogP contribution in [-0.4, -0.2) is 35.9 Å². The fourth-order valence-corrected chi connectivity index (χ4v) is 1.65. The average Bonchev–Trinajstić information content (AvgIpc) is 2.30. The SMILES string of the molecule is C[C@H](Nc1ccc([N+](=O)[O-])cc1Cl)C(=O)N(C)C. The number of amides is 1. The predicted octanol–water partition coefficient (Wildman–Crippen LogP) is 2.14. The number of nitrogens with one attached hydrogen (secondary N) is 1. The molecule has 18 heavy (non-hydrogen) atoms. The van der Waals surface area contributed by atoms with Crippen LogP contribution in [0.3, 0.4) is 0 Å². The van der Waals surface area contributed by atoms with Gasteiger partial charge in [-0.1, -0.05) is 11.6 Å². The van der Waals surface area contributed by atoms with E-state index in [2.05, 4.69) is 5.32 Å². The number of nitro benzene ring substituents is 1. The third-order valence-electron chi connectivity index (χ3n) is 2.35. The van der Waals surface area contributed by atoms with Crippen LogP contribution in [-0.2, 0) is 4.79 Å². The summed E-state index contributed by atoms with van der Waals surface area (Å²) in [7, 11) is 3.30. The van der Waals surface area contributed by atoms with Gasteiger partial charge in [-0.3, -0.25) is 14.9 Å². The first kappa shape index (κ1) is 14.2. The smallest absolute Gasteiger partial charge is 0.271 e. The Morgan fingerprint density at radius 3 is 2.56 bits per heavy atom. The molecule has 0 fully saturated rings. The maximum atomic E-state index is 11.6. The van der Waals surface area contributed by atoms with Crippen LogP contribution in [0.2, 0.25) is 5.02 Å². The molecular weight excluding hydrogens is 258 g/mol. The van der Waals surface area contributed by atoms with Crippen LogP contribution >= 0.6 is 11.6 Å². The number of halogens is 1. The van der Waals surface area contributed by atoms with Crippen molar-refractivity contribution in [1.82, 2.24) is 4.90 Å². The van der Waals surface area contributed by atoms with Gasteiger partial charge in [0, 0.05) is 26.2 Å². The molecule has 0 saturated carbocycles. The van der Waals surface area contributed by atoms with Crippen LogP contribution in [0.25, 0.3) is 0 Å². The lowest BCUT2D eigenvalue weighted by atomic mass is 10.2. The van der Waals surface area contributed by atoms with Gasteiger partial charge in [0.15, 0.2) is 0 Å². The number of nitro groups is 1. The maximum Gasteiger partial charge on any atom is 0.271 e. The second-order valence-electron chi connectivity index (χ2n) is 4.02. The highest BCUT2D eigenvalue weighted by Crippen LogP contribution is 2.27. The molecule has 0 spiro atoms. The molecule has 0 aromatic heterocycles. The van der Waals surface area contributed by atoms with Crippen LogP contribution in [0.1, 0.15) is 6.92 Å². The van der Waals surface area contributed by atoms with Gasteiger partial charge >= 0.3 is 0 Å². The molecule has 0 heterocycles. The molecule has 1 N–H and O–H groups in total. The molecule has 0 bridgehead atoms. The van der Waals surface area contributed by atoms with Crippen molar-refractivity contribution in [2.75, 3.05) is 19.4 Å². The highest BCUT2D eigenvalue weighted by atomic mass is 35.5. The van der Waals surface area contributed by atoms with Crippen LogP contribution in [0.15, 0.2) is 18.2 Å². The minimum Gasteiger partial charge on any atom is -0.373 e. The Kier molecular flexibility index (Phi) is 4.49. The van der Waals surface area contributed by atoms with Gasteiger partial charge in [0.05, 0.1) is 15.6 Å². The largest absolute Gasteiger partial charge is 0.373 e. The van der Waals surface area contributed by atoms with Gasteiger partial charge < -0.3 is 10.2 Å². The molecular formula is C11H14ClN3O3. The summed E-state index contributed by atoms with van der Waals surface area (Å²) < 4.78 is 0. The van der Waals surface area contributed by atoms with E-state index in [4.69, 9.17) is 11.6 Å². The number of nitrogens with zero attached hydrogens (tertiary/aromatic N) is 2. The first-order chi connectivity index (χ1) is 8.32. The molecule has 1 aromatic carbocycles. The lowest BCUT2D eigenvalue weighted by Crippen LogP contribution is -2.36. The Morgan fingerprint density at radius 2 is 2.11 bits per heavy atom. The van der Waals surface area contributed by atoms with Gasteiger partial charge in [0.2, 0.25) is 5.91 Å². The van der Waals surface area contributed by atoms with Crippen molar-refractivity contribution in [3.8, 4) is 0 Å². The van der Waals surface area contributed by atoms with E-state index in [0.29, 0.717) is 5.69 Å². The molecule has 0 saturated heterocycles. The Hall–Kier alpha value is -1.82. The standard InChI is InChI=1S/C11H14ClN3O3/c1-7(11(16)14(2)3)13-10-5-4-8(15(17)18)6-9(10)12/h4-7,13H,1-3H3/t7-/m0/s1. The first-order valence-electron chi connectivity index (χ1n) is 5.24. The number of hydrogen-bond acceptors (Lipinski definition) is 4. The van der Waals surface area contributed by atoms with Gasteiger partial charge in [0.1, 0.15) is 6.04 Å². The maximum absolute atomic E-state index is 11.6. The number of non-ortho nitro benzene ring substituents is 1. The highest BCUT2D eigenvalue weighted by Gasteiger charge is 2.16. The Morgan fingerprint density at radius 1 is 1.50 bits per heavy atom. The summed E-state index contributed by atoms with van der Waals surface area (Å²) >= 11 is 5.91. The van der Waals surface area contributed by atoms with Gasteiger partial charge in [-0.25, -0.2) is 0 Å². The topological polar surface area (TPSA) is 75.5 Å². The lowest BCUT2D eigenvalue weighted by Gasteiger charge is -2.19. The molecule has 1 amide bonds. The predicted molar refractivity (Wildman–Crippen MR) is 69.9 cm³/mol. The molecule has 0 radical (unpaired) electrons. The lowest BCUT2D eigenvalue weighted by molar-refractivity contribution is -0.384. The molecule has 7 heteroatoms. The average molecular weight is 272 g/mol. The van der Waals surface area contributed by atoms with E-state index in [0.717, 1.165) is 0 Å². The fraction of sp³-hybridized carbons (Fsp3) is 0.364. The molecule has 0 unspecified atom stereocenters. The number of carbonyl (C=O) groups is 1. The van der Waals surface area contributed by atoms with Gasteiger partial charge in [-0.05, 0) is 13.0 Å². The number of hydrogen-bond donors (Lipinski definition) is 1. The third-order valence-corrected chi connectivity index (χ3v) is 2.66. The molecule has 1 atom stereocenters. The molecule has 0 aliphatic rings. The normalized spacial score (nSPS) is 11.8. The van der Waals surface area contributed by atoms with Crippen molar-refractivity contribution in [2.24, 2.45) is 0 Å². The van der Waals surface area contributed by atoms with Gasteiger partial charge in [-0.2, -0.15) is 0 Å². The molecule has 98 valence electrons. The highest BCUT2D eigenvalue weighted by molar-refractivity contribution is 6.33. The molecule has 0 aliphatic heterocycles. The zero-order chi connectivity index (χ0) is 13.9. The van der Waals surface area contributed by atoms with Crippen LogP contribution in [0, 0.1) is 10.1 Å². The minimum absolute atomic E-state index is 0.0860. The van der Waals surface area contributed by atoms with E-state index in [9.17, 15) is 14.9 Å². The summed E-state index contributed by atoms with van der Waals surface area (Å²) in [5.74, 6) is -0.107. The van der Waals surface area contributed by atoms with Gasteiger partial charge in [0.25, 0.3) is 5.69 Å². The number of anilines is 1. The Labute approximate surface area is 110 Å². The monoisotopic (exact) mass is 271 g/mol. The zero-order valence-electron chi connectivity index (χ0n) is 10.3. The minimum atomic E-state index is -0.524. The second-order valence-corrected chi connectivity index (χ2v) is 4.43. The van der Waals surface area contributed by atoms with Gasteiger partial charge in [-0.15, -0.1) is 0 Å². The summed E-state index contributed by atoms with van der Waals surface area (Å²) in [5, 5.41) is 13.7. The number of likely N-dealkylation sites (N-methyl/N-ethyl adjacent to an activating group) is 1. The van der Waals surface area contributed by atoms with E-state index < -0.39 is 11.0 Å². The zero-order valence-corrected chi connectivity index (χ0v) is 11.1. The number of benzene rings is 1. The molecule has 6 nitrogen and oxygen atoms in total. The first-order valence-corrected chi connectivity index (χ1v) is 5.62. The number of rotatable bonds is 4. The summed E-state index contributed by atoms with van der Waals surface area (Å²) in [4.78, 5) is 23.1.